The van der Waals surface area contributed by atoms with Crippen LogP contribution in [0.2, 0.25) is 0 Å². The summed E-state index contributed by atoms with van der Waals surface area (Å²) < 4.78 is 45.6. The van der Waals surface area contributed by atoms with E-state index in [1.54, 1.807) is 23.2 Å². The second-order valence-corrected chi connectivity index (χ2v) is 11.0. The number of anilines is 2. The molecule has 2 N–H and O–H groups in total. The number of halogens is 3. The average molecular weight is 592 g/mol. The molecular weight excluding hydrogens is 563 g/mol. The first-order valence-electron chi connectivity index (χ1n) is 13.4. The summed E-state index contributed by atoms with van der Waals surface area (Å²) in [4.78, 5) is 41.5. The molecular formula is C30H28F3N7O3. The van der Waals surface area contributed by atoms with E-state index >= 15 is 0 Å². The van der Waals surface area contributed by atoms with Gasteiger partial charge < -0.3 is 24.8 Å². The van der Waals surface area contributed by atoms with Gasteiger partial charge in [-0.1, -0.05) is 6.07 Å². The third kappa shape index (κ3) is 6.53. The number of carbonyl (C=O) groups is 2. The van der Waals surface area contributed by atoms with E-state index in [0.29, 0.717) is 48.6 Å². The molecule has 1 fully saturated rings. The van der Waals surface area contributed by atoms with Gasteiger partial charge in [-0.05, 0) is 63.2 Å². The quantitative estimate of drug-likeness (QED) is 0.306. The molecule has 222 valence electrons. The van der Waals surface area contributed by atoms with Gasteiger partial charge in [0.2, 0.25) is 0 Å². The molecule has 43 heavy (non-hydrogen) atoms. The number of amides is 2. The highest BCUT2D eigenvalue weighted by Crippen LogP contribution is 2.34. The fraction of sp³-hybridized carbons (Fsp3) is 0.300. The van der Waals surface area contributed by atoms with Gasteiger partial charge in [0, 0.05) is 43.6 Å². The van der Waals surface area contributed by atoms with Crippen LogP contribution in [0.3, 0.4) is 0 Å². The van der Waals surface area contributed by atoms with Gasteiger partial charge in [-0.2, -0.15) is 18.4 Å². The second kappa shape index (κ2) is 11.3. The lowest BCUT2D eigenvalue weighted by Gasteiger charge is -2.36. The molecule has 0 unspecified atom stereocenters. The Kier molecular flexibility index (Phi) is 7.71. The summed E-state index contributed by atoms with van der Waals surface area (Å²) in [5, 5.41) is 11.5. The van der Waals surface area contributed by atoms with E-state index in [9.17, 15) is 22.8 Å². The van der Waals surface area contributed by atoms with Crippen LogP contribution < -0.4 is 10.2 Å². The third-order valence-corrected chi connectivity index (χ3v) is 6.74. The number of piperazine rings is 1. The Bertz CT molecular complexity index is 1710. The van der Waals surface area contributed by atoms with Crippen LogP contribution in [0.4, 0.5) is 29.5 Å². The van der Waals surface area contributed by atoms with Gasteiger partial charge in [-0.25, -0.2) is 14.8 Å². The molecule has 0 atom stereocenters. The van der Waals surface area contributed by atoms with E-state index < -0.39 is 28.8 Å². The summed E-state index contributed by atoms with van der Waals surface area (Å²) in [5.74, 6) is 0.548. The van der Waals surface area contributed by atoms with Crippen molar-refractivity contribution in [3.63, 3.8) is 0 Å². The van der Waals surface area contributed by atoms with E-state index in [-0.39, 0.29) is 17.3 Å². The molecule has 5 rings (SSSR count). The highest BCUT2D eigenvalue weighted by Gasteiger charge is 2.34. The predicted octanol–water partition coefficient (Wildman–Crippen LogP) is 5.82. The first-order valence-corrected chi connectivity index (χ1v) is 13.4. The van der Waals surface area contributed by atoms with Gasteiger partial charge in [-0.3, -0.25) is 4.79 Å². The van der Waals surface area contributed by atoms with E-state index in [2.05, 4.69) is 25.2 Å². The Morgan fingerprint density at radius 3 is 2.42 bits per heavy atom. The van der Waals surface area contributed by atoms with Crippen LogP contribution in [-0.2, 0) is 10.9 Å². The monoisotopic (exact) mass is 591 g/mol. The Morgan fingerprint density at radius 1 is 1.05 bits per heavy atom. The van der Waals surface area contributed by atoms with Gasteiger partial charge in [0.05, 0.1) is 28.3 Å². The van der Waals surface area contributed by atoms with Crippen molar-refractivity contribution in [3.8, 4) is 17.5 Å². The number of hydrogen-bond donors (Lipinski definition) is 2. The number of rotatable bonds is 4. The second-order valence-electron chi connectivity index (χ2n) is 11.0. The zero-order valence-corrected chi connectivity index (χ0v) is 23.6. The maximum Gasteiger partial charge on any atom is 0.417 e. The van der Waals surface area contributed by atoms with E-state index in [4.69, 9.17) is 10.00 Å². The van der Waals surface area contributed by atoms with Crippen LogP contribution in [0.25, 0.3) is 22.4 Å². The van der Waals surface area contributed by atoms with Crippen molar-refractivity contribution < 1.29 is 27.5 Å². The molecule has 1 saturated heterocycles. The van der Waals surface area contributed by atoms with E-state index in [1.807, 2.05) is 32.9 Å². The van der Waals surface area contributed by atoms with Crippen molar-refractivity contribution in [2.75, 3.05) is 36.4 Å². The van der Waals surface area contributed by atoms with Crippen molar-refractivity contribution >= 4 is 34.5 Å². The number of aromatic nitrogens is 3. The number of ether oxygens (including phenoxy) is 1. The number of imidazole rings is 1. The normalized spacial score (nSPS) is 14.0. The fourth-order valence-corrected chi connectivity index (χ4v) is 4.66. The van der Waals surface area contributed by atoms with Gasteiger partial charge in [0.1, 0.15) is 22.8 Å². The SMILES string of the molecule is CC(C)(C)OC(=O)N1CCN(c2ccc(-c3nc4c(C(=O)Nc5ccc(C#N)c(C(F)(F)F)c5)cccc4[nH]3)cn2)CC1. The summed E-state index contributed by atoms with van der Waals surface area (Å²) >= 11 is 0. The molecule has 0 saturated carbocycles. The van der Waals surface area contributed by atoms with Gasteiger partial charge in [0.15, 0.2) is 0 Å². The Labute approximate surface area is 245 Å². The molecule has 2 amide bonds. The largest absolute Gasteiger partial charge is 0.444 e. The Balaban J connectivity index is 1.30. The van der Waals surface area contributed by atoms with Crippen molar-refractivity contribution in [2.24, 2.45) is 0 Å². The molecule has 2 aromatic carbocycles. The number of nitriles is 1. The summed E-state index contributed by atoms with van der Waals surface area (Å²) in [6.45, 7) is 7.70. The van der Waals surface area contributed by atoms with Crippen LogP contribution in [-0.4, -0.2) is 63.6 Å². The molecule has 4 aromatic rings. The van der Waals surface area contributed by atoms with Gasteiger partial charge >= 0.3 is 12.3 Å². The average Bonchev–Trinajstić information content (AvgIpc) is 3.40. The van der Waals surface area contributed by atoms with Crippen molar-refractivity contribution in [1.82, 2.24) is 19.9 Å². The highest BCUT2D eigenvalue weighted by molar-refractivity contribution is 6.11. The number of alkyl halides is 3. The van der Waals surface area contributed by atoms with Crippen LogP contribution >= 0.6 is 0 Å². The summed E-state index contributed by atoms with van der Waals surface area (Å²) in [7, 11) is 0. The standard InChI is InChI=1S/C30H28F3N7O3/c1-29(2,3)43-28(42)40-13-11-39(12-14-40)24-10-8-19(17-35-24)26-37-23-6-4-5-21(25(23)38-26)27(41)36-20-9-7-18(16-34)22(15-20)30(31,32)33/h4-10,15,17H,11-14H2,1-3H3,(H,36,41)(H,37,38). The number of H-pyrrole nitrogens is 1. The van der Waals surface area contributed by atoms with Gasteiger partial charge in [0.25, 0.3) is 5.91 Å². The zero-order valence-electron chi connectivity index (χ0n) is 23.6. The Hall–Kier alpha value is -5.12. The number of para-hydroxylation sites is 1. The van der Waals surface area contributed by atoms with Gasteiger partial charge in [-0.15, -0.1) is 0 Å². The zero-order chi connectivity index (χ0) is 30.9. The molecule has 1 aliphatic rings. The molecule has 1 aliphatic heterocycles. The topological polar surface area (TPSA) is 127 Å². The summed E-state index contributed by atoms with van der Waals surface area (Å²) in [6.07, 6.45) is -3.43. The summed E-state index contributed by atoms with van der Waals surface area (Å²) in [6, 6.07) is 13.1. The highest BCUT2D eigenvalue weighted by atomic mass is 19.4. The first-order chi connectivity index (χ1) is 20.3. The first kappa shape index (κ1) is 29.4. The number of pyridine rings is 1. The third-order valence-electron chi connectivity index (χ3n) is 6.74. The number of nitrogens with one attached hydrogen (secondary N) is 2. The lowest BCUT2D eigenvalue weighted by atomic mass is 10.1. The van der Waals surface area contributed by atoms with Crippen molar-refractivity contribution in [1.29, 1.82) is 5.26 Å². The van der Waals surface area contributed by atoms with Crippen LogP contribution in [0.15, 0.2) is 54.7 Å². The summed E-state index contributed by atoms with van der Waals surface area (Å²) in [5.41, 5.74) is -0.607. The van der Waals surface area contributed by atoms with E-state index in [1.165, 1.54) is 18.2 Å². The smallest absolute Gasteiger partial charge is 0.417 e. The maximum atomic E-state index is 13.4. The number of nitrogens with zero attached hydrogens (tertiary/aromatic N) is 5. The Morgan fingerprint density at radius 2 is 1.79 bits per heavy atom. The molecule has 13 heteroatoms. The number of hydrogen-bond acceptors (Lipinski definition) is 7. The molecule has 0 aliphatic carbocycles. The molecule has 0 spiro atoms. The van der Waals surface area contributed by atoms with Crippen LogP contribution in [0.5, 0.6) is 0 Å². The minimum Gasteiger partial charge on any atom is -0.444 e. The predicted molar refractivity (Wildman–Crippen MR) is 153 cm³/mol. The number of aromatic amines is 1. The van der Waals surface area contributed by atoms with Crippen molar-refractivity contribution in [2.45, 2.75) is 32.5 Å². The van der Waals surface area contributed by atoms with E-state index in [0.717, 1.165) is 18.0 Å². The lowest BCUT2D eigenvalue weighted by molar-refractivity contribution is -0.137. The van der Waals surface area contributed by atoms with Crippen LogP contribution in [0, 0.1) is 11.3 Å². The maximum absolute atomic E-state index is 13.4. The molecule has 0 radical (unpaired) electrons. The molecule has 2 aromatic heterocycles. The van der Waals surface area contributed by atoms with Crippen molar-refractivity contribution in [3.05, 3.63) is 71.4 Å². The fourth-order valence-electron chi connectivity index (χ4n) is 4.66. The molecule has 3 heterocycles. The van der Waals surface area contributed by atoms with Crippen LogP contribution in [0.1, 0.15) is 42.3 Å². The minimum atomic E-state index is -4.75. The lowest BCUT2D eigenvalue weighted by Crippen LogP contribution is -2.50. The number of fused-ring (bicyclic) bond motifs is 1. The molecule has 10 nitrogen and oxygen atoms in total. The number of carbonyl (C=O) groups excluding carboxylic acids is 2. The molecule has 0 bridgehead atoms. The minimum absolute atomic E-state index is 0.101. The number of benzene rings is 2.